The maximum absolute atomic E-state index is 12.5. The number of fused-ring (bicyclic) bond motifs is 2. The van der Waals surface area contributed by atoms with E-state index in [9.17, 15) is 13.0 Å². The minimum Gasteiger partial charge on any atom is -0.456 e. The van der Waals surface area contributed by atoms with Crippen LogP contribution in [0, 0.1) is 19.8 Å². The summed E-state index contributed by atoms with van der Waals surface area (Å²) in [6.45, 7) is 12.6. The average Bonchev–Trinajstić information content (AvgIpc) is 2.95. The molecule has 42 heavy (non-hydrogen) atoms. The highest BCUT2D eigenvalue weighted by Gasteiger charge is 2.23. The topological polar surface area (TPSA) is 91.9 Å². The van der Waals surface area contributed by atoms with Crippen molar-refractivity contribution in [3.63, 3.8) is 0 Å². The van der Waals surface area contributed by atoms with Crippen LogP contribution in [0.25, 0.3) is 33.4 Å². The summed E-state index contributed by atoms with van der Waals surface area (Å²) in [5, 5.41) is 5.03. The lowest BCUT2D eigenvalue weighted by molar-refractivity contribution is 0.483. The summed E-state index contributed by atoms with van der Waals surface area (Å²) in [5.41, 5.74) is 8.63. The number of benzene rings is 4. The van der Waals surface area contributed by atoms with Gasteiger partial charge in [0.2, 0.25) is 0 Å². The summed E-state index contributed by atoms with van der Waals surface area (Å²) in [6, 6.07) is 24.1. The number of anilines is 1. The zero-order valence-electron chi connectivity index (χ0n) is 24.8. The first-order chi connectivity index (χ1) is 20.0. The molecule has 2 N–H and O–H groups in total. The van der Waals surface area contributed by atoms with Gasteiger partial charge >= 0.3 is 0 Å². The third kappa shape index (κ3) is 5.75. The van der Waals surface area contributed by atoms with Gasteiger partial charge in [-0.25, -0.2) is 4.99 Å². The summed E-state index contributed by atoms with van der Waals surface area (Å²) >= 11 is 0. The van der Waals surface area contributed by atoms with Gasteiger partial charge in [-0.3, -0.25) is 4.55 Å². The van der Waals surface area contributed by atoms with Crippen LogP contribution in [0.1, 0.15) is 45.2 Å². The van der Waals surface area contributed by atoms with E-state index in [1.807, 2.05) is 68.4 Å². The first-order valence-corrected chi connectivity index (χ1v) is 15.5. The zero-order chi connectivity index (χ0) is 30.2. The van der Waals surface area contributed by atoms with Crippen molar-refractivity contribution in [2.75, 3.05) is 5.32 Å². The Hall–Kier alpha value is -4.20. The Labute approximate surface area is 247 Å². The molecule has 1 aliphatic heterocycles. The fourth-order valence-corrected chi connectivity index (χ4v) is 6.12. The second-order valence-electron chi connectivity index (χ2n) is 11.0. The Morgan fingerprint density at radius 1 is 0.929 bits per heavy atom. The molecule has 0 bridgehead atoms. The number of para-hydroxylation sites is 1. The molecule has 5 rings (SSSR count). The van der Waals surface area contributed by atoms with Crippen molar-refractivity contribution >= 4 is 32.5 Å². The fourth-order valence-electron chi connectivity index (χ4n) is 5.43. The Morgan fingerprint density at radius 3 is 2.31 bits per heavy atom. The van der Waals surface area contributed by atoms with E-state index < -0.39 is 10.1 Å². The van der Waals surface area contributed by atoms with Gasteiger partial charge < -0.3 is 9.73 Å². The van der Waals surface area contributed by atoms with E-state index in [4.69, 9.17) is 9.41 Å². The van der Waals surface area contributed by atoms with Gasteiger partial charge in [-0.2, -0.15) is 8.42 Å². The van der Waals surface area contributed by atoms with Crippen LogP contribution in [0.2, 0.25) is 0 Å². The van der Waals surface area contributed by atoms with Crippen LogP contribution in [0.4, 0.5) is 11.4 Å². The second-order valence-corrected chi connectivity index (χ2v) is 12.4. The molecule has 1 unspecified atom stereocenters. The van der Waals surface area contributed by atoms with Gasteiger partial charge in [0.05, 0.1) is 11.0 Å². The lowest BCUT2D eigenvalue weighted by Crippen LogP contribution is -2.10. The number of hydrogen-bond acceptors (Lipinski definition) is 5. The number of hydrogen-bond donors (Lipinski definition) is 2. The van der Waals surface area contributed by atoms with Crippen molar-refractivity contribution in [1.82, 2.24) is 0 Å². The third-order valence-corrected chi connectivity index (χ3v) is 8.65. The molecule has 0 aromatic heterocycles. The Morgan fingerprint density at radius 2 is 1.64 bits per heavy atom. The average molecular weight is 581 g/mol. The van der Waals surface area contributed by atoms with Gasteiger partial charge in [-0.15, -0.1) is 0 Å². The predicted octanol–water partition coefficient (Wildman–Crippen LogP) is 9.05. The molecule has 6 nitrogen and oxygen atoms in total. The van der Waals surface area contributed by atoms with Crippen LogP contribution in [-0.2, 0) is 10.1 Å². The number of allylic oxidation sites excluding steroid dienone is 2. The SMILES string of the molecule is CCC(C)C(Nc1ccc2c(-c3ccccc3S(=O)(=O)O)c3ccc(=Nc4c(C)cccc4C)cc-3oc2c1)=C(C)C. The van der Waals surface area contributed by atoms with Crippen molar-refractivity contribution in [3.05, 3.63) is 107 Å². The smallest absolute Gasteiger partial charge is 0.295 e. The van der Waals surface area contributed by atoms with E-state index in [0.29, 0.717) is 34.0 Å². The normalized spacial score (nSPS) is 13.0. The molecule has 1 aliphatic carbocycles. The monoisotopic (exact) mass is 580 g/mol. The zero-order valence-corrected chi connectivity index (χ0v) is 25.6. The Kier molecular flexibility index (Phi) is 8.08. The molecule has 1 atom stereocenters. The summed E-state index contributed by atoms with van der Waals surface area (Å²) in [7, 11) is -4.49. The van der Waals surface area contributed by atoms with Gasteiger partial charge in [0, 0.05) is 45.6 Å². The number of aryl methyl sites for hydroxylation is 2. The van der Waals surface area contributed by atoms with Gasteiger partial charge in [-0.1, -0.05) is 55.8 Å². The van der Waals surface area contributed by atoms with E-state index >= 15 is 0 Å². The molecule has 0 fully saturated rings. The molecule has 3 aromatic carbocycles. The molecule has 0 spiro atoms. The van der Waals surface area contributed by atoms with Crippen molar-refractivity contribution in [2.45, 2.75) is 52.9 Å². The molecule has 7 heteroatoms. The van der Waals surface area contributed by atoms with E-state index in [2.05, 4.69) is 33.0 Å². The molecular formula is C35H36N2O4S. The van der Waals surface area contributed by atoms with Crippen LogP contribution in [0.15, 0.2) is 104 Å². The number of rotatable bonds is 7. The number of nitrogens with one attached hydrogen (secondary N) is 1. The molecule has 2 aliphatic rings. The predicted molar refractivity (Wildman–Crippen MR) is 171 cm³/mol. The molecule has 1 heterocycles. The van der Waals surface area contributed by atoms with Crippen molar-refractivity contribution < 1.29 is 17.4 Å². The Bertz CT molecular complexity index is 1960. The summed E-state index contributed by atoms with van der Waals surface area (Å²) in [6.07, 6.45) is 0.999. The van der Waals surface area contributed by atoms with E-state index in [-0.39, 0.29) is 4.90 Å². The van der Waals surface area contributed by atoms with E-state index in [1.54, 1.807) is 18.2 Å². The van der Waals surface area contributed by atoms with Crippen LogP contribution < -0.4 is 10.7 Å². The minimum absolute atomic E-state index is 0.158. The summed E-state index contributed by atoms with van der Waals surface area (Å²) < 4.78 is 41.5. The second kappa shape index (κ2) is 11.6. The lowest BCUT2D eigenvalue weighted by atomic mass is 9.93. The van der Waals surface area contributed by atoms with Crippen molar-refractivity contribution in [2.24, 2.45) is 10.9 Å². The molecule has 0 saturated heterocycles. The molecule has 216 valence electrons. The summed E-state index contributed by atoms with van der Waals surface area (Å²) in [5.74, 6) is 0.905. The standard InChI is InChI=1S/C35H36N2O4S/c1-7-22(4)34(21(2)3)36-25-15-17-27-30(19-25)41-31-20-26(37-35-23(5)11-10-12-24(35)6)16-18-28(31)33(27)29-13-8-9-14-32(29)42(38,39)40/h8-20,22,36H,7H2,1-6H3,(H,38,39,40). The van der Waals surface area contributed by atoms with E-state index in [0.717, 1.165) is 45.4 Å². The molecule has 3 aromatic rings. The minimum atomic E-state index is -4.49. The molecule has 0 amide bonds. The first kappa shape index (κ1) is 29.3. The van der Waals surface area contributed by atoms with Gasteiger partial charge in [0.15, 0.2) is 0 Å². The molecule has 0 radical (unpaired) electrons. The lowest BCUT2D eigenvalue weighted by Gasteiger charge is -2.20. The Balaban J connectivity index is 1.81. The van der Waals surface area contributed by atoms with Gasteiger partial charge in [0.1, 0.15) is 16.2 Å². The molecular weight excluding hydrogens is 544 g/mol. The highest BCUT2D eigenvalue weighted by atomic mass is 32.2. The maximum atomic E-state index is 12.5. The van der Waals surface area contributed by atoms with Crippen LogP contribution >= 0.6 is 0 Å². The van der Waals surface area contributed by atoms with Crippen LogP contribution in [0.3, 0.4) is 0 Å². The highest BCUT2D eigenvalue weighted by molar-refractivity contribution is 7.86. The van der Waals surface area contributed by atoms with Crippen molar-refractivity contribution in [3.8, 4) is 22.5 Å². The quantitative estimate of drug-likeness (QED) is 0.148. The van der Waals surface area contributed by atoms with Gasteiger partial charge in [0.25, 0.3) is 10.1 Å². The molecule has 0 saturated carbocycles. The van der Waals surface area contributed by atoms with Crippen LogP contribution in [-0.4, -0.2) is 13.0 Å². The fraction of sp³-hybridized carbons (Fsp3) is 0.229. The first-order valence-electron chi connectivity index (χ1n) is 14.1. The summed E-state index contributed by atoms with van der Waals surface area (Å²) in [4.78, 5) is 4.76. The largest absolute Gasteiger partial charge is 0.456 e. The van der Waals surface area contributed by atoms with E-state index in [1.165, 1.54) is 11.6 Å². The van der Waals surface area contributed by atoms with Crippen LogP contribution in [0.5, 0.6) is 0 Å². The third-order valence-electron chi connectivity index (χ3n) is 7.74. The maximum Gasteiger partial charge on any atom is 0.295 e. The van der Waals surface area contributed by atoms with Gasteiger partial charge in [-0.05, 0) is 81.5 Å². The van der Waals surface area contributed by atoms with Crippen molar-refractivity contribution in [1.29, 1.82) is 0 Å². The highest BCUT2D eigenvalue weighted by Crippen LogP contribution is 2.43. The number of nitrogens with zero attached hydrogens (tertiary/aromatic N) is 1.